The minimum absolute atomic E-state index is 0.00190. The maximum Gasteiger partial charge on any atom is 0.287 e. The van der Waals surface area contributed by atoms with Crippen molar-refractivity contribution < 1.29 is 4.79 Å². The zero-order valence-corrected chi connectivity index (χ0v) is 11.4. The fraction of sp³-hybridized carbons (Fsp3) is 0.545. The van der Waals surface area contributed by atoms with Crippen molar-refractivity contribution >= 4 is 23.2 Å². The monoisotopic (exact) mass is 272 g/mol. The highest BCUT2D eigenvalue weighted by Gasteiger charge is 2.23. The number of carbonyl (C=O) groups excluding carboxylic acids is 1. The van der Waals surface area contributed by atoms with Gasteiger partial charge >= 0.3 is 0 Å². The third-order valence-corrected chi connectivity index (χ3v) is 3.27. The van der Waals surface area contributed by atoms with E-state index in [0.717, 1.165) is 11.1 Å². The Balaban J connectivity index is 3.05. The lowest BCUT2D eigenvalue weighted by atomic mass is 9.98. The molecule has 7 heteroatoms. The summed E-state index contributed by atoms with van der Waals surface area (Å²) in [5.41, 5.74) is 5.23. The number of hydrogen-bond acceptors (Lipinski definition) is 4. The van der Waals surface area contributed by atoms with E-state index >= 15 is 0 Å². The van der Waals surface area contributed by atoms with Gasteiger partial charge in [0.05, 0.1) is 11.9 Å². The van der Waals surface area contributed by atoms with Crippen molar-refractivity contribution in [2.75, 3.05) is 5.32 Å². The van der Waals surface area contributed by atoms with E-state index in [2.05, 4.69) is 10.4 Å². The fourth-order valence-corrected chi connectivity index (χ4v) is 1.73. The first-order valence-electron chi connectivity index (χ1n) is 5.66. The first-order valence-corrected chi connectivity index (χ1v) is 6.03. The average molecular weight is 273 g/mol. The smallest absolute Gasteiger partial charge is 0.287 e. The van der Waals surface area contributed by atoms with Crippen LogP contribution in [0.15, 0.2) is 11.0 Å². The molecule has 1 amide bonds. The Kier molecular flexibility index (Phi) is 4.72. The highest BCUT2D eigenvalue weighted by atomic mass is 35.5. The Morgan fingerprint density at radius 3 is 2.78 bits per heavy atom. The topological polar surface area (TPSA) is 90.0 Å². The van der Waals surface area contributed by atoms with E-state index in [0.29, 0.717) is 5.69 Å². The van der Waals surface area contributed by atoms with Crippen molar-refractivity contribution in [1.82, 2.24) is 9.78 Å². The molecule has 0 bridgehead atoms. The molecule has 0 aliphatic rings. The van der Waals surface area contributed by atoms with Crippen LogP contribution >= 0.6 is 11.6 Å². The van der Waals surface area contributed by atoms with Crippen LogP contribution < -0.4 is 16.6 Å². The van der Waals surface area contributed by atoms with E-state index in [-0.39, 0.29) is 10.9 Å². The maximum absolute atomic E-state index is 11.6. The van der Waals surface area contributed by atoms with Gasteiger partial charge in [0.2, 0.25) is 5.91 Å². The lowest BCUT2D eigenvalue weighted by Crippen LogP contribution is -2.41. The number of nitrogens with two attached hydrogens (primary N) is 1. The number of rotatable bonds is 5. The summed E-state index contributed by atoms with van der Waals surface area (Å²) in [4.78, 5) is 23.0. The van der Waals surface area contributed by atoms with Gasteiger partial charge in [0.25, 0.3) is 5.56 Å². The lowest BCUT2D eigenvalue weighted by molar-refractivity contribution is -0.119. The zero-order chi connectivity index (χ0) is 13.9. The Bertz CT molecular complexity index is 500. The van der Waals surface area contributed by atoms with Gasteiger partial charge in [-0.15, -0.1) is 0 Å². The van der Waals surface area contributed by atoms with Crippen molar-refractivity contribution in [1.29, 1.82) is 0 Å². The van der Waals surface area contributed by atoms with Crippen LogP contribution in [0.1, 0.15) is 20.3 Å². The second-order valence-corrected chi connectivity index (χ2v) is 4.59. The number of amides is 1. The van der Waals surface area contributed by atoms with Crippen molar-refractivity contribution in [2.24, 2.45) is 18.7 Å². The molecule has 0 fully saturated rings. The Hall–Kier alpha value is -1.56. The van der Waals surface area contributed by atoms with Crippen LogP contribution in [0.4, 0.5) is 5.69 Å². The standard InChI is InChI=1S/C11H17ClN4O2/c1-4-6(2)9(10(13)17)15-7-5-14-16(3)11(18)8(7)12/h5-6,9,15H,4H2,1-3H3,(H2,13,17)/t6-,9+/m1/s1. The van der Waals surface area contributed by atoms with Gasteiger partial charge in [-0.3, -0.25) is 9.59 Å². The number of nitrogens with one attached hydrogen (secondary N) is 1. The molecule has 1 heterocycles. The number of aryl methyl sites for hydroxylation is 1. The van der Waals surface area contributed by atoms with Crippen LogP contribution in [0.2, 0.25) is 5.02 Å². The Labute approximate surface area is 110 Å². The molecule has 0 aromatic carbocycles. The summed E-state index contributed by atoms with van der Waals surface area (Å²) in [5, 5.41) is 6.73. The van der Waals surface area contributed by atoms with E-state index in [1.165, 1.54) is 13.2 Å². The molecule has 6 nitrogen and oxygen atoms in total. The van der Waals surface area contributed by atoms with Gasteiger partial charge in [0.1, 0.15) is 11.1 Å². The van der Waals surface area contributed by atoms with Crippen LogP contribution in [0.3, 0.4) is 0 Å². The summed E-state index contributed by atoms with van der Waals surface area (Å²) < 4.78 is 1.12. The lowest BCUT2D eigenvalue weighted by Gasteiger charge is -2.22. The highest BCUT2D eigenvalue weighted by Crippen LogP contribution is 2.19. The van der Waals surface area contributed by atoms with E-state index in [1.54, 1.807) is 0 Å². The summed E-state index contributed by atoms with van der Waals surface area (Å²) in [6, 6.07) is -0.582. The molecule has 2 atom stereocenters. The number of nitrogens with zero attached hydrogens (tertiary/aromatic N) is 2. The third-order valence-electron chi connectivity index (χ3n) is 2.91. The molecule has 1 aromatic heterocycles. The number of hydrogen-bond donors (Lipinski definition) is 2. The summed E-state index contributed by atoms with van der Waals surface area (Å²) >= 11 is 5.91. The zero-order valence-electron chi connectivity index (χ0n) is 10.6. The number of halogens is 1. The van der Waals surface area contributed by atoms with E-state index < -0.39 is 17.5 Å². The molecule has 0 saturated carbocycles. The van der Waals surface area contributed by atoms with Crippen LogP contribution in [-0.4, -0.2) is 21.7 Å². The first kappa shape index (κ1) is 14.5. The Morgan fingerprint density at radius 1 is 1.67 bits per heavy atom. The number of aromatic nitrogens is 2. The predicted molar refractivity (Wildman–Crippen MR) is 70.5 cm³/mol. The summed E-state index contributed by atoms with van der Waals surface area (Å²) in [5.74, 6) is -0.455. The quantitative estimate of drug-likeness (QED) is 0.827. The highest BCUT2D eigenvalue weighted by molar-refractivity contribution is 6.33. The first-order chi connectivity index (χ1) is 8.38. The minimum atomic E-state index is -0.582. The molecule has 0 spiro atoms. The second kappa shape index (κ2) is 5.86. The van der Waals surface area contributed by atoms with Crippen molar-refractivity contribution in [3.63, 3.8) is 0 Å². The molecule has 1 aromatic rings. The maximum atomic E-state index is 11.6. The van der Waals surface area contributed by atoms with E-state index in [9.17, 15) is 9.59 Å². The number of primary amides is 1. The van der Waals surface area contributed by atoms with E-state index in [1.807, 2.05) is 13.8 Å². The SMILES string of the molecule is CC[C@@H](C)[C@H](Nc1cnn(C)c(=O)c1Cl)C(N)=O. The number of anilines is 1. The minimum Gasteiger partial charge on any atom is -0.371 e. The molecule has 1 rings (SSSR count). The molecular weight excluding hydrogens is 256 g/mol. The van der Waals surface area contributed by atoms with Gasteiger partial charge in [-0.25, -0.2) is 4.68 Å². The van der Waals surface area contributed by atoms with Gasteiger partial charge in [-0.05, 0) is 5.92 Å². The van der Waals surface area contributed by atoms with Crippen molar-refractivity contribution in [3.05, 3.63) is 21.6 Å². The molecule has 3 N–H and O–H groups in total. The van der Waals surface area contributed by atoms with Crippen molar-refractivity contribution in [2.45, 2.75) is 26.3 Å². The summed E-state index contributed by atoms with van der Waals surface area (Å²) in [7, 11) is 1.50. The molecule has 0 radical (unpaired) electrons. The van der Waals surface area contributed by atoms with Crippen molar-refractivity contribution in [3.8, 4) is 0 Å². The predicted octanol–water partition coefficient (Wildman–Crippen LogP) is 0.746. The second-order valence-electron chi connectivity index (χ2n) is 4.21. The molecular formula is C11H17ClN4O2. The Morgan fingerprint density at radius 2 is 2.28 bits per heavy atom. The van der Waals surface area contributed by atoms with Crippen LogP contribution in [0.25, 0.3) is 0 Å². The molecule has 18 heavy (non-hydrogen) atoms. The van der Waals surface area contributed by atoms with Gasteiger partial charge < -0.3 is 11.1 Å². The molecule has 100 valence electrons. The molecule has 0 aliphatic carbocycles. The largest absolute Gasteiger partial charge is 0.371 e. The molecule has 0 saturated heterocycles. The number of carbonyl (C=O) groups is 1. The fourth-order valence-electron chi connectivity index (χ4n) is 1.51. The van der Waals surface area contributed by atoms with Crippen LogP contribution in [-0.2, 0) is 11.8 Å². The molecule has 0 aliphatic heterocycles. The summed E-state index contributed by atoms with van der Waals surface area (Å²) in [6.45, 7) is 3.84. The van der Waals surface area contributed by atoms with Crippen LogP contribution in [0, 0.1) is 5.92 Å². The van der Waals surface area contributed by atoms with Gasteiger partial charge in [-0.2, -0.15) is 5.10 Å². The summed E-state index contributed by atoms with van der Waals surface area (Å²) in [6.07, 6.45) is 2.18. The van der Waals surface area contributed by atoms with Gasteiger partial charge in [-0.1, -0.05) is 31.9 Å². The average Bonchev–Trinajstić information content (AvgIpc) is 2.34. The van der Waals surface area contributed by atoms with Crippen LogP contribution in [0.5, 0.6) is 0 Å². The normalized spacial score (nSPS) is 14.0. The molecule has 0 unspecified atom stereocenters. The van der Waals surface area contributed by atoms with E-state index in [4.69, 9.17) is 17.3 Å². The third kappa shape index (κ3) is 3.01. The van der Waals surface area contributed by atoms with Gasteiger partial charge in [0, 0.05) is 7.05 Å². The van der Waals surface area contributed by atoms with Gasteiger partial charge in [0.15, 0.2) is 0 Å².